The molecule has 0 atom stereocenters. The van der Waals surface area contributed by atoms with Crippen molar-refractivity contribution in [2.24, 2.45) is 0 Å². The smallest absolute Gasteiger partial charge is 0.253 e. The summed E-state index contributed by atoms with van der Waals surface area (Å²) in [4.78, 5) is 27.2. The van der Waals surface area contributed by atoms with Crippen LogP contribution in [0, 0.1) is 0 Å². The molecule has 2 aromatic carbocycles. The second-order valence-corrected chi connectivity index (χ2v) is 9.78. The Labute approximate surface area is 193 Å². The van der Waals surface area contributed by atoms with Crippen LogP contribution < -0.4 is 15.5 Å². The van der Waals surface area contributed by atoms with E-state index < -0.39 is 15.9 Å². The third kappa shape index (κ3) is 6.01. The van der Waals surface area contributed by atoms with Gasteiger partial charge in [-0.3, -0.25) is 9.59 Å². The summed E-state index contributed by atoms with van der Waals surface area (Å²) in [5, 5.41) is 14.7. The Bertz CT molecular complexity index is 1100. The van der Waals surface area contributed by atoms with Gasteiger partial charge < -0.3 is 25.4 Å². The fraction of sp³-hybridized carbons (Fsp3) is 0.364. The fourth-order valence-corrected chi connectivity index (χ4v) is 4.24. The Balaban J connectivity index is 1.71. The number of nitrogens with one attached hydrogen (secondary N) is 2. The normalized spacial score (nSPS) is 14.2. The molecule has 0 spiro atoms. The van der Waals surface area contributed by atoms with Crippen molar-refractivity contribution in [3.05, 3.63) is 53.6 Å². The van der Waals surface area contributed by atoms with Gasteiger partial charge in [0.1, 0.15) is 5.75 Å². The van der Waals surface area contributed by atoms with E-state index in [2.05, 4.69) is 10.6 Å². The van der Waals surface area contributed by atoms with Gasteiger partial charge in [-0.1, -0.05) is 0 Å². The molecule has 1 heterocycles. The molecule has 3 rings (SSSR count). The minimum absolute atomic E-state index is 0.0234. The van der Waals surface area contributed by atoms with Gasteiger partial charge in [-0.25, -0.2) is 12.7 Å². The maximum absolute atomic E-state index is 13.0. The van der Waals surface area contributed by atoms with Crippen LogP contribution in [0.2, 0.25) is 0 Å². The maximum atomic E-state index is 13.0. The number of carbonyl (C=O) groups excluding carboxylic acids is 2. The van der Waals surface area contributed by atoms with Crippen LogP contribution in [0.4, 0.5) is 5.69 Å². The minimum Gasteiger partial charge on any atom is -0.508 e. The maximum Gasteiger partial charge on any atom is 0.253 e. The number of rotatable bonds is 8. The molecule has 33 heavy (non-hydrogen) atoms. The highest BCUT2D eigenvalue weighted by Crippen LogP contribution is 2.26. The molecule has 2 amide bonds. The van der Waals surface area contributed by atoms with E-state index >= 15 is 0 Å². The van der Waals surface area contributed by atoms with Crippen LogP contribution in [0.3, 0.4) is 0 Å². The highest BCUT2D eigenvalue weighted by Gasteiger charge is 2.24. The van der Waals surface area contributed by atoms with Crippen LogP contribution in [0.5, 0.6) is 5.75 Å². The molecular formula is C22H28N4O6S. The molecule has 10 nitrogen and oxygen atoms in total. The van der Waals surface area contributed by atoms with Crippen LogP contribution in [0.1, 0.15) is 20.7 Å². The summed E-state index contributed by atoms with van der Waals surface area (Å²) in [6.07, 6.45) is 0. The second kappa shape index (κ2) is 10.6. The summed E-state index contributed by atoms with van der Waals surface area (Å²) in [7, 11) is -0.851. The van der Waals surface area contributed by atoms with Gasteiger partial charge in [-0.05, 0) is 42.5 Å². The molecule has 1 fully saturated rings. The molecule has 11 heteroatoms. The summed E-state index contributed by atoms with van der Waals surface area (Å²) in [6.45, 7) is 2.53. The SMILES string of the molecule is CN(C)S(=O)(=O)c1ccc(N2CCOCC2)c(C(=O)NCCNC(=O)c2ccc(O)cc2)c1. The molecule has 178 valence electrons. The Kier molecular flexibility index (Phi) is 7.90. The van der Waals surface area contributed by atoms with Gasteiger partial charge in [0.25, 0.3) is 11.8 Å². The molecule has 1 aliphatic heterocycles. The van der Waals surface area contributed by atoms with Crippen molar-refractivity contribution in [3.63, 3.8) is 0 Å². The quantitative estimate of drug-likeness (QED) is 0.477. The first-order chi connectivity index (χ1) is 15.7. The number of aromatic hydroxyl groups is 1. The third-order valence-corrected chi connectivity index (χ3v) is 6.98. The Morgan fingerprint density at radius 3 is 2.21 bits per heavy atom. The number of hydrogen-bond donors (Lipinski definition) is 3. The van der Waals surface area contributed by atoms with Gasteiger partial charge >= 0.3 is 0 Å². The highest BCUT2D eigenvalue weighted by molar-refractivity contribution is 7.89. The zero-order valence-corrected chi connectivity index (χ0v) is 19.4. The lowest BCUT2D eigenvalue weighted by Crippen LogP contribution is -2.39. The topological polar surface area (TPSA) is 128 Å². The number of nitrogens with zero attached hydrogens (tertiary/aromatic N) is 2. The number of benzene rings is 2. The van der Waals surface area contributed by atoms with Crippen molar-refractivity contribution in [2.75, 3.05) is 58.4 Å². The molecule has 0 radical (unpaired) electrons. The van der Waals surface area contributed by atoms with Crippen LogP contribution in [0.25, 0.3) is 0 Å². The number of carbonyl (C=O) groups is 2. The molecular weight excluding hydrogens is 448 g/mol. The molecule has 0 saturated carbocycles. The summed E-state index contributed by atoms with van der Waals surface area (Å²) >= 11 is 0. The van der Waals surface area contributed by atoms with Crippen molar-refractivity contribution in [3.8, 4) is 5.75 Å². The lowest BCUT2D eigenvalue weighted by Gasteiger charge is -2.30. The standard InChI is InChI=1S/C22H28N4O6S/c1-25(2)33(30,31)18-7-8-20(26-11-13-32-14-12-26)19(15-18)22(29)24-10-9-23-21(28)16-3-5-17(27)6-4-16/h3-8,15,27H,9-14H2,1-2H3,(H,23,28)(H,24,29). The fourth-order valence-electron chi connectivity index (χ4n) is 3.31. The number of hydrogen-bond acceptors (Lipinski definition) is 7. The van der Waals surface area contributed by atoms with Gasteiger partial charge in [0.15, 0.2) is 0 Å². The van der Waals surface area contributed by atoms with Crippen molar-refractivity contribution in [1.82, 2.24) is 14.9 Å². The molecule has 1 saturated heterocycles. The minimum atomic E-state index is -3.72. The van der Waals surface area contributed by atoms with Gasteiger partial charge in [-0.2, -0.15) is 0 Å². The number of morpholine rings is 1. The zero-order chi connectivity index (χ0) is 24.0. The highest BCUT2D eigenvalue weighted by atomic mass is 32.2. The lowest BCUT2D eigenvalue weighted by atomic mass is 10.1. The number of anilines is 1. The average molecular weight is 477 g/mol. The van der Waals surface area contributed by atoms with E-state index in [1.165, 1.54) is 50.5 Å². The van der Waals surface area contributed by atoms with Crippen molar-refractivity contribution >= 4 is 27.5 Å². The third-order valence-electron chi connectivity index (χ3n) is 5.17. The molecule has 1 aliphatic rings. The van der Waals surface area contributed by atoms with E-state index in [1.54, 1.807) is 6.07 Å². The predicted molar refractivity (Wildman–Crippen MR) is 123 cm³/mol. The van der Waals surface area contributed by atoms with Gasteiger partial charge in [0.2, 0.25) is 10.0 Å². The van der Waals surface area contributed by atoms with Crippen LogP contribution in [0.15, 0.2) is 47.4 Å². The number of phenols is 1. The Hall–Kier alpha value is -3.15. The van der Waals surface area contributed by atoms with E-state index in [1.807, 2.05) is 4.90 Å². The van der Waals surface area contributed by atoms with Crippen molar-refractivity contribution < 1.29 is 27.9 Å². The van der Waals surface area contributed by atoms with Crippen molar-refractivity contribution in [2.45, 2.75) is 4.90 Å². The molecule has 2 aromatic rings. The largest absolute Gasteiger partial charge is 0.508 e. The molecule has 0 bridgehead atoms. The lowest BCUT2D eigenvalue weighted by molar-refractivity contribution is 0.0927. The first kappa shape index (κ1) is 24.5. The van der Waals surface area contributed by atoms with Gasteiger partial charge in [0.05, 0.1) is 23.7 Å². The summed E-state index contributed by atoms with van der Waals surface area (Å²) in [6, 6.07) is 10.3. The Morgan fingerprint density at radius 2 is 1.61 bits per heavy atom. The van der Waals surface area contributed by atoms with E-state index in [0.29, 0.717) is 37.6 Å². The summed E-state index contributed by atoms with van der Waals surface area (Å²) < 4.78 is 31.6. The van der Waals surface area contributed by atoms with Gasteiger partial charge in [-0.15, -0.1) is 0 Å². The number of amides is 2. The zero-order valence-electron chi connectivity index (χ0n) is 18.6. The Morgan fingerprint density at radius 1 is 1.00 bits per heavy atom. The summed E-state index contributed by atoms with van der Waals surface area (Å²) in [5.74, 6) is -0.711. The van der Waals surface area contributed by atoms with E-state index in [4.69, 9.17) is 4.74 Å². The molecule has 0 unspecified atom stereocenters. The average Bonchev–Trinajstić information content (AvgIpc) is 2.82. The van der Waals surface area contributed by atoms with Crippen LogP contribution >= 0.6 is 0 Å². The molecule has 0 aliphatic carbocycles. The number of ether oxygens (including phenoxy) is 1. The van der Waals surface area contributed by atoms with E-state index in [9.17, 15) is 23.1 Å². The molecule has 3 N–H and O–H groups in total. The number of sulfonamides is 1. The predicted octanol–water partition coefficient (Wildman–Crippen LogP) is 0.639. The molecule has 0 aromatic heterocycles. The number of phenolic OH excluding ortho intramolecular Hbond substituents is 1. The van der Waals surface area contributed by atoms with E-state index in [-0.39, 0.29) is 35.2 Å². The van der Waals surface area contributed by atoms with E-state index in [0.717, 1.165) is 4.31 Å². The monoisotopic (exact) mass is 476 g/mol. The summed E-state index contributed by atoms with van der Waals surface area (Å²) in [5.41, 5.74) is 1.25. The van der Waals surface area contributed by atoms with Crippen LogP contribution in [-0.2, 0) is 14.8 Å². The van der Waals surface area contributed by atoms with Crippen molar-refractivity contribution in [1.29, 1.82) is 0 Å². The first-order valence-electron chi connectivity index (χ1n) is 10.4. The second-order valence-electron chi connectivity index (χ2n) is 7.62. The van der Waals surface area contributed by atoms with Crippen LogP contribution in [-0.4, -0.2) is 83.1 Å². The first-order valence-corrected chi connectivity index (χ1v) is 11.9. The van der Waals surface area contributed by atoms with Gasteiger partial charge in [0, 0.05) is 51.5 Å².